The predicted molar refractivity (Wildman–Crippen MR) is 117 cm³/mol. The second-order valence-electron chi connectivity index (χ2n) is 7.82. The molecule has 2 aromatic rings. The van der Waals surface area contributed by atoms with E-state index in [4.69, 9.17) is 9.47 Å². The van der Waals surface area contributed by atoms with Crippen molar-refractivity contribution >= 4 is 21.7 Å². The molecule has 1 atom stereocenters. The van der Waals surface area contributed by atoms with Crippen LogP contribution in [0.4, 0.5) is 10.5 Å². The van der Waals surface area contributed by atoms with Gasteiger partial charge in [0.1, 0.15) is 0 Å². The third-order valence-corrected chi connectivity index (χ3v) is 7.56. The first kappa shape index (κ1) is 21.5. The Hall–Kier alpha value is -2.78. The van der Waals surface area contributed by atoms with Gasteiger partial charge in [0.2, 0.25) is 16.8 Å². The summed E-state index contributed by atoms with van der Waals surface area (Å²) in [5.74, 6) is 1.25. The number of ether oxygens (including phenoxy) is 2. The van der Waals surface area contributed by atoms with E-state index in [0.717, 1.165) is 24.8 Å². The number of amides is 2. The number of benzene rings is 2. The van der Waals surface area contributed by atoms with Crippen LogP contribution in [0.2, 0.25) is 0 Å². The molecule has 31 heavy (non-hydrogen) atoms. The zero-order chi connectivity index (χ0) is 21.8. The number of hydrogen-bond donors (Lipinski definition) is 2. The quantitative estimate of drug-likeness (QED) is 0.710. The minimum Gasteiger partial charge on any atom is -0.454 e. The third-order valence-electron chi connectivity index (χ3n) is 5.59. The fraction of sp³-hybridized carbons (Fsp3) is 0.409. The average Bonchev–Trinajstić information content (AvgIpc) is 3.22. The molecule has 1 unspecified atom stereocenters. The Morgan fingerprint density at radius 2 is 1.87 bits per heavy atom. The molecule has 2 aliphatic heterocycles. The number of nitrogens with one attached hydrogen (secondary N) is 2. The summed E-state index contributed by atoms with van der Waals surface area (Å²) in [5.41, 5.74) is 1.62. The standard InChI is InChI=1S/C22H27N3O5S/c1-16-5-8-19(9-6-16)31(27,28)25-13-3-2-4-18(25)11-12-23-22(26)24-17-7-10-20-21(14-17)30-15-29-20/h5-10,14,18H,2-4,11-13,15H2,1H3,(H2,23,24,26). The number of fused-ring (bicyclic) bond motifs is 1. The summed E-state index contributed by atoms with van der Waals surface area (Å²) in [5, 5.41) is 5.59. The lowest BCUT2D eigenvalue weighted by Gasteiger charge is -2.34. The molecular weight excluding hydrogens is 418 g/mol. The first-order valence-electron chi connectivity index (χ1n) is 10.5. The smallest absolute Gasteiger partial charge is 0.319 e. The van der Waals surface area contributed by atoms with Crippen molar-refractivity contribution in [2.45, 2.75) is 43.5 Å². The van der Waals surface area contributed by atoms with Crippen LogP contribution in [0.1, 0.15) is 31.2 Å². The normalized spacial score (nSPS) is 18.5. The van der Waals surface area contributed by atoms with Crippen molar-refractivity contribution in [1.82, 2.24) is 9.62 Å². The van der Waals surface area contributed by atoms with E-state index in [2.05, 4.69) is 10.6 Å². The van der Waals surface area contributed by atoms with Crippen LogP contribution in [-0.2, 0) is 10.0 Å². The minimum atomic E-state index is -3.55. The van der Waals surface area contributed by atoms with E-state index < -0.39 is 10.0 Å². The lowest BCUT2D eigenvalue weighted by Crippen LogP contribution is -2.45. The molecule has 2 aliphatic rings. The third kappa shape index (κ3) is 4.94. The number of piperidine rings is 1. The Kier molecular flexibility index (Phi) is 6.33. The van der Waals surface area contributed by atoms with Crippen molar-refractivity contribution < 1.29 is 22.7 Å². The van der Waals surface area contributed by atoms with Gasteiger partial charge in [-0.25, -0.2) is 13.2 Å². The number of carbonyl (C=O) groups is 1. The van der Waals surface area contributed by atoms with Gasteiger partial charge in [0, 0.05) is 30.9 Å². The summed E-state index contributed by atoms with van der Waals surface area (Å²) in [6, 6.07) is 11.7. The number of aryl methyl sites for hydroxylation is 1. The van der Waals surface area contributed by atoms with E-state index in [-0.39, 0.29) is 18.9 Å². The molecule has 0 radical (unpaired) electrons. The predicted octanol–water partition coefficient (Wildman–Crippen LogP) is 3.48. The molecule has 8 nitrogen and oxygen atoms in total. The van der Waals surface area contributed by atoms with Gasteiger partial charge in [0.15, 0.2) is 11.5 Å². The van der Waals surface area contributed by atoms with Crippen molar-refractivity contribution in [3.63, 3.8) is 0 Å². The average molecular weight is 446 g/mol. The summed E-state index contributed by atoms with van der Waals surface area (Å²) >= 11 is 0. The van der Waals surface area contributed by atoms with Crippen LogP contribution < -0.4 is 20.1 Å². The first-order chi connectivity index (χ1) is 14.9. The van der Waals surface area contributed by atoms with Crippen molar-refractivity contribution in [3.8, 4) is 11.5 Å². The summed E-state index contributed by atoms with van der Waals surface area (Å²) in [6.07, 6.45) is 3.17. The molecule has 2 N–H and O–H groups in total. The van der Waals surface area contributed by atoms with E-state index >= 15 is 0 Å². The van der Waals surface area contributed by atoms with Gasteiger partial charge in [0.05, 0.1) is 4.90 Å². The number of anilines is 1. The van der Waals surface area contributed by atoms with Gasteiger partial charge in [-0.15, -0.1) is 0 Å². The minimum absolute atomic E-state index is 0.133. The van der Waals surface area contributed by atoms with Gasteiger partial charge in [0.25, 0.3) is 0 Å². The second-order valence-corrected chi connectivity index (χ2v) is 9.71. The lowest BCUT2D eigenvalue weighted by molar-refractivity contribution is 0.174. The van der Waals surface area contributed by atoms with Crippen LogP contribution in [0.5, 0.6) is 11.5 Å². The summed E-state index contributed by atoms with van der Waals surface area (Å²) < 4.78 is 38.5. The Morgan fingerprint density at radius 3 is 2.68 bits per heavy atom. The van der Waals surface area contributed by atoms with E-state index in [1.807, 2.05) is 19.1 Å². The fourth-order valence-electron chi connectivity index (χ4n) is 3.93. The SMILES string of the molecule is Cc1ccc(S(=O)(=O)N2CCCCC2CCNC(=O)Nc2ccc3c(c2)OCO3)cc1. The molecule has 2 aromatic carbocycles. The summed E-state index contributed by atoms with van der Waals surface area (Å²) in [6.45, 7) is 2.99. The van der Waals surface area contributed by atoms with Crippen LogP contribution in [0.3, 0.4) is 0 Å². The molecule has 0 spiro atoms. The highest BCUT2D eigenvalue weighted by molar-refractivity contribution is 7.89. The van der Waals surface area contributed by atoms with Gasteiger partial charge >= 0.3 is 6.03 Å². The van der Waals surface area contributed by atoms with E-state index in [9.17, 15) is 13.2 Å². The largest absolute Gasteiger partial charge is 0.454 e. The van der Waals surface area contributed by atoms with Crippen LogP contribution in [-0.4, -0.2) is 44.7 Å². The number of carbonyl (C=O) groups excluding carboxylic acids is 1. The number of hydrogen-bond acceptors (Lipinski definition) is 5. The molecule has 0 bridgehead atoms. The van der Waals surface area contributed by atoms with Crippen molar-refractivity contribution in [2.24, 2.45) is 0 Å². The molecule has 0 aliphatic carbocycles. The molecule has 1 fully saturated rings. The maximum absolute atomic E-state index is 13.1. The van der Waals surface area contributed by atoms with Crippen LogP contribution in [0, 0.1) is 6.92 Å². The zero-order valence-electron chi connectivity index (χ0n) is 17.5. The topological polar surface area (TPSA) is 97.0 Å². The van der Waals surface area contributed by atoms with Crippen molar-refractivity contribution in [1.29, 1.82) is 0 Å². The first-order valence-corrected chi connectivity index (χ1v) is 11.9. The molecule has 4 rings (SSSR count). The molecule has 0 aromatic heterocycles. The number of urea groups is 1. The van der Waals surface area contributed by atoms with Crippen molar-refractivity contribution in [3.05, 3.63) is 48.0 Å². The Balaban J connectivity index is 1.33. The van der Waals surface area contributed by atoms with Crippen LogP contribution >= 0.6 is 0 Å². The van der Waals surface area contributed by atoms with Crippen LogP contribution in [0.25, 0.3) is 0 Å². The molecule has 166 valence electrons. The highest BCUT2D eigenvalue weighted by Crippen LogP contribution is 2.34. The van der Waals surface area contributed by atoms with Crippen molar-refractivity contribution in [2.75, 3.05) is 25.2 Å². The maximum atomic E-state index is 13.1. The zero-order valence-corrected chi connectivity index (χ0v) is 18.3. The van der Waals surface area contributed by atoms with Gasteiger partial charge in [-0.2, -0.15) is 4.31 Å². The Labute approximate surface area is 182 Å². The van der Waals surface area contributed by atoms with E-state index in [0.29, 0.717) is 41.6 Å². The van der Waals surface area contributed by atoms with Gasteiger partial charge in [-0.3, -0.25) is 0 Å². The Bertz CT molecular complexity index is 1040. The van der Waals surface area contributed by atoms with Gasteiger partial charge in [-0.1, -0.05) is 24.1 Å². The summed E-state index contributed by atoms with van der Waals surface area (Å²) in [7, 11) is -3.55. The lowest BCUT2D eigenvalue weighted by atomic mass is 10.0. The molecule has 2 amide bonds. The molecule has 2 heterocycles. The fourth-order valence-corrected chi connectivity index (χ4v) is 5.65. The summed E-state index contributed by atoms with van der Waals surface area (Å²) in [4.78, 5) is 12.6. The molecule has 0 saturated carbocycles. The number of rotatable bonds is 6. The molecule has 1 saturated heterocycles. The van der Waals surface area contributed by atoms with Gasteiger partial charge in [-0.05, 0) is 50.5 Å². The Morgan fingerprint density at radius 1 is 1.10 bits per heavy atom. The highest BCUT2D eigenvalue weighted by Gasteiger charge is 2.33. The number of sulfonamides is 1. The van der Waals surface area contributed by atoms with E-state index in [1.54, 1.807) is 34.6 Å². The molecular formula is C22H27N3O5S. The van der Waals surface area contributed by atoms with E-state index in [1.165, 1.54) is 0 Å². The maximum Gasteiger partial charge on any atom is 0.319 e. The second kappa shape index (κ2) is 9.15. The molecule has 9 heteroatoms. The number of nitrogens with zero attached hydrogens (tertiary/aromatic N) is 1. The van der Waals surface area contributed by atoms with Gasteiger partial charge < -0.3 is 20.1 Å². The van der Waals surface area contributed by atoms with Crippen LogP contribution in [0.15, 0.2) is 47.4 Å². The highest BCUT2D eigenvalue weighted by atomic mass is 32.2. The monoisotopic (exact) mass is 445 g/mol.